The van der Waals surface area contributed by atoms with Crippen LogP contribution in [0.5, 0.6) is 5.75 Å². The quantitative estimate of drug-likeness (QED) is 0.201. The van der Waals surface area contributed by atoms with Gasteiger partial charge in [0.15, 0.2) is 0 Å². The minimum atomic E-state index is -0.549. The number of aliphatic hydroxyl groups is 1. The molecule has 0 aromatic heterocycles. The van der Waals surface area contributed by atoms with E-state index in [-0.39, 0.29) is 11.9 Å². The van der Waals surface area contributed by atoms with E-state index < -0.39 is 5.60 Å². The molecule has 0 unspecified atom stereocenters. The maximum atomic E-state index is 13.0. The highest BCUT2D eigenvalue weighted by Gasteiger charge is 2.22. The molecule has 2 amide bonds. The van der Waals surface area contributed by atoms with Crippen LogP contribution in [0.1, 0.15) is 70.9 Å². The number of carbonyl (C=O) groups excluding carboxylic acids is 2. The van der Waals surface area contributed by atoms with E-state index in [2.05, 4.69) is 6.92 Å². The predicted octanol–water partition coefficient (Wildman–Crippen LogP) is 5.93. The number of aryl methyl sites for hydroxylation is 1. The summed E-state index contributed by atoms with van der Waals surface area (Å²) in [5.41, 5.74) is 6.95. The number of rotatable bonds is 15. The third-order valence-electron chi connectivity index (χ3n) is 5.60. The van der Waals surface area contributed by atoms with Gasteiger partial charge in [-0.05, 0) is 70.3 Å². The first-order chi connectivity index (χ1) is 19.6. The van der Waals surface area contributed by atoms with E-state index in [4.69, 9.17) is 20.3 Å². The van der Waals surface area contributed by atoms with E-state index in [0.717, 1.165) is 31.1 Å². The lowest BCUT2D eigenvalue weighted by Gasteiger charge is -2.29. The zero-order valence-electron chi connectivity index (χ0n) is 25.9. The summed E-state index contributed by atoms with van der Waals surface area (Å²) in [6.07, 6.45) is 5.82. The summed E-state index contributed by atoms with van der Waals surface area (Å²) in [5, 5.41) is 7.00. The predicted molar refractivity (Wildman–Crippen MR) is 163 cm³/mol. The topological polar surface area (TPSA) is 105 Å². The van der Waals surface area contributed by atoms with Crippen LogP contribution in [0.4, 0.5) is 9.18 Å². The molecular formula is C32H52FN3O5. The lowest BCUT2D eigenvalue weighted by atomic mass is 10.2. The Kier molecular flexibility index (Phi) is 20.8. The second kappa shape index (κ2) is 22.5. The normalized spacial score (nSPS) is 10.4. The van der Waals surface area contributed by atoms with Gasteiger partial charge in [0.1, 0.15) is 17.2 Å². The number of amides is 2. The Labute approximate surface area is 246 Å². The van der Waals surface area contributed by atoms with Crippen LogP contribution in [0.15, 0.2) is 48.5 Å². The van der Waals surface area contributed by atoms with Gasteiger partial charge in [0.25, 0.3) is 0 Å². The molecule has 2 aromatic carbocycles. The van der Waals surface area contributed by atoms with E-state index in [0.29, 0.717) is 51.5 Å². The van der Waals surface area contributed by atoms with Crippen LogP contribution in [-0.2, 0) is 16.1 Å². The standard InChI is InChI=1S/C18H29N3O3.C13H19FO.CH4O/c1-18(2,3)24-17(23)21(11-7-10-19)13-12-20(15-22)14-16-8-5-4-6-9-16;1-3-4-5-6-7-15-13-9-11(2)8-12(14)10-13;1-2/h4-6,8-9,15H,7,10-14,19H2,1-3H3;8-10H,3-7H2,1-2H3;2H,1H3. The SMILES string of the molecule is CC(C)(C)OC(=O)N(CCCN)CCN(C=O)Cc1ccccc1.CCCCCCOc1cc(C)cc(F)c1.CO. The first-order valence-electron chi connectivity index (χ1n) is 14.3. The molecule has 0 atom stereocenters. The van der Waals surface area contributed by atoms with E-state index >= 15 is 0 Å². The van der Waals surface area contributed by atoms with Crippen molar-refractivity contribution in [1.29, 1.82) is 0 Å². The lowest BCUT2D eigenvalue weighted by molar-refractivity contribution is -0.118. The van der Waals surface area contributed by atoms with Crippen LogP contribution >= 0.6 is 0 Å². The Morgan fingerprint density at radius 1 is 1.00 bits per heavy atom. The Morgan fingerprint density at radius 3 is 2.24 bits per heavy atom. The van der Waals surface area contributed by atoms with Crippen molar-refractivity contribution < 1.29 is 28.6 Å². The van der Waals surface area contributed by atoms with Gasteiger partial charge < -0.3 is 30.1 Å². The van der Waals surface area contributed by atoms with Crippen LogP contribution in [0, 0.1) is 12.7 Å². The molecule has 0 saturated carbocycles. The molecule has 0 saturated heterocycles. The minimum absolute atomic E-state index is 0.224. The number of aliphatic hydroxyl groups excluding tert-OH is 1. The van der Waals surface area contributed by atoms with Crippen molar-refractivity contribution in [3.8, 4) is 5.75 Å². The third kappa shape index (κ3) is 19.5. The van der Waals surface area contributed by atoms with Gasteiger partial charge in [-0.15, -0.1) is 0 Å². The molecule has 0 aliphatic heterocycles. The number of ether oxygens (including phenoxy) is 2. The number of carbonyl (C=O) groups is 2. The zero-order valence-corrected chi connectivity index (χ0v) is 25.9. The summed E-state index contributed by atoms with van der Waals surface area (Å²) in [6.45, 7) is 12.6. The number of halogens is 1. The highest BCUT2D eigenvalue weighted by Crippen LogP contribution is 2.16. The van der Waals surface area contributed by atoms with Gasteiger partial charge in [-0.2, -0.15) is 0 Å². The zero-order chi connectivity index (χ0) is 31.1. The van der Waals surface area contributed by atoms with Crippen LogP contribution in [0.25, 0.3) is 0 Å². The van der Waals surface area contributed by atoms with Gasteiger partial charge in [0.2, 0.25) is 6.41 Å². The number of hydrogen-bond donors (Lipinski definition) is 2. The van der Waals surface area contributed by atoms with Crippen LogP contribution in [0.2, 0.25) is 0 Å². The molecule has 0 aliphatic carbocycles. The van der Waals surface area contributed by atoms with Crippen LogP contribution in [-0.4, -0.2) is 72.9 Å². The van der Waals surface area contributed by atoms with Gasteiger partial charge in [-0.25, -0.2) is 9.18 Å². The third-order valence-corrected chi connectivity index (χ3v) is 5.60. The summed E-state index contributed by atoms with van der Waals surface area (Å²) in [6, 6.07) is 14.6. The van der Waals surface area contributed by atoms with E-state index in [1.165, 1.54) is 31.4 Å². The average molecular weight is 578 g/mol. The molecule has 0 radical (unpaired) electrons. The van der Waals surface area contributed by atoms with Crippen molar-refractivity contribution in [3.05, 3.63) is 65.5 Å². The van der Waals surface area contributed by atoms with Crippen molar-refractivity contribution in [1.82, 2.24) is 9.80 Å². The Balaban J connectivity index is 0.000000806. The highest BCUT2D eigenvalue weighted by atomic mass is 19.1. The monoisotopic (exact) mass is 577 g/mol. The first kappa shape index (κ1) is 37.8. The number of unbranched alkanes of at least 4 members (excludes halogenated alkanes) is 3. The van der Waals surface area contributed by atoms with Gasteiger partial charge in [-0.1, -0.05) is 56.5 Å². The van der Waals surface area contributed by atoms with Crippen molar-refractivity contribution in [3.63, 3.8) is 0 Å². The molecule has 41 heavy (non-hydrogen) atoms. The van der Waals surface area contributed by atoms with Crippen molar-refractivity contribution in [2.24, 2.45) is 5.73 Å². The minimum Gasteiger partial charge on any atom is -0.493 e. The van der Waals surface area contributed by atoms with Crippen LogP contribution in [0.3, 0.4) is 0 Å². The highest BCUT2D eigenvalue weighted by molar-refractivity contribution is 5.68. The average Bonchev–Trinajstić information content (AvgIpc) is 2.93. The molecular weight excluding hydrogens is 525 g/mol. The van der Waals surface area contributed by atoms with E-state index in [1.54, 1.807) is 9.80 Å². The van der Waals surface area contributed by atoms with E-state index in [1.807, 2.05) is 64.1 Å². The second-order valence-electron chi connectivity index (χ2n) is 10.5. The fourth-order valence-corrected chi connectivity index (χ4v) is 3.64. The summed E-state index contributed by atoms with van der Waals surface area (Å²) >= 11 is 0. The summed E-state index contributed by atoms with van der Waals surface area (Å²) < 4.78 is 23.9. The first-order valence-corrected chi connectivity index (χ1v) is 14.3. The summed E-state index contributed by atoms with van der Waals surface area (Å²) in [4.78, 5) is 26.8. The molecule has 0 fully saturated rings. The van der Waals surface area contributed by atoms with Gasteiger partial charge >= 0.3 is 6.09 Å². The number of hydrogen-bond acceptors (Lipinski definition) is 6. The van der Waals surface area contributed by atoms with Crippen molar-refractivity contribution >= 4 is 12.5 Å². The van der Waals surface area contributed by atoms with Crippen LogP contribution < -0.4 is 10.5 Å². The number of nitrogens with two attached hydrogens (primary N) is 1. The molecule has 8 nitrogen and oxygen atoms in total. The van der Waals surface area contributed by atoms with Crippen molar-refractivity contribution in [2.75, 3.05) is 39.9 Å². The van der Waals surface area contributed by atoms with Gasteiger partial charge in [-0.3, -0.25) is 4.79 Å². The molecule has 0 heterocycles. The molecule has 0 spiro atoms. The number of benzene rings is 2. The largest absolute Gasteiger partial charge is 0.493 e. The molecule has 232 valence electrons. The Hall–Kier alpha value is -3.17. The lowest BCUT2D eigenvalue weighted by Crippen LogP contribution is -2.42. The van der Waals surface area contributed by atoms with Crippen molar-refractivity contribution in [2.45, 2.75) is 78.9 Å². The second-order valence-corrected chi connectivity index (χ2v) is 10.5. The maximum Gasteiger partial charge on any atom is 0.410 e. The Bertz CT molecular complexity index is 934. The molecule has 9 heteroatoms. The van der Waals surface area contributed by atoms with Gasteiger partial charge in [0.05, 0.1) is 6.61 Å². The summed E-state index contributed by atoms with van der Waals surface area (Å²) in [5.74, 6) is 0.419. The maximum absolute atomic E-state index is 13.0. The molecule has 0 bridgehead atoms. The fourth-order valence-electron chi connectivity index (χ4n) is 3.64. The molecule has 3 N–H and O–H groups in total. The van der Waals surface area contributed by atoms with E-state index in [9.17, 15) is 14.0 Å². The number of nitrogens with zero attached hydrogens (tertiary/aromatic N) is 2. The molecule has 2 aromatic rings. The molecule has 2 rings (SSSR count). The smallest absolute Gasteiger partial charge is 0.410 e. The summed E-state index contributed by atoms with van der Waals surface area (Å²) in [7, 11) is 1.00. The molecule has 0 aliphatic rings. The fraction of sp³-hybridized carbons (Fsp3) is 0.562. The Morgan fingerprint density at radius 2 is 1.68 bits per heavy atom. The van der Waals surface area contributed by atoms with Gasteiger partial charge in [0, 0.05) is 39.4 Å².